The normalized spacial score (nSPS) is 9.52. The molecule has 0 aliphatic carbocycles. The number of anilines is 1. The van der Waals surface area contributed by atoms with Crippen molar-refractivity contribution >= 4 is 11.6 Å². The summed E-state index contributed by atoms with van der Waals surface area (Å²) in [4.78, 5) is 13.7. The summed E-state index contributed by atoms with van der Waals surface area (Å²) in [5.41, 5.74) is 0.867. The molecule has 1 amide bonds. The van der Waals surface area contributed by atoms with Gasteiger partial charge in [0.1, 0.15) is 12.4 Å². The number of benzene rings is 1. The van der Waals surface area contributed by atoms with E-state index in [0.717, 1.165) is 11.4 Å². The molecule has 1 aromatic rings. The summed E-state index contributed by atoms with van der Waals surface area (Å²) < 4.78 is 5.39. The third-order valence-electron chi connectivity index (χ3n) is 2.72. The number of ether oxygens (including phenoxy) is 1. The smallest absolute Gasteiger partial charge is 0.242 e. The van der Waals surface area contributed by atoms with E-state index < -0.39 is 0 Å². The molecule has 4 nitrogen and oxygen atoms in total. The van der Waals surface area contributed by atoms with E-state index in [2.05, 4.69) is 25.1 Å². The van der Waals surface area contributed by atoms with Crippen LogP contribution in [0.25, 0.3) is 0 Å². The van der Waals surface area contributed by atoms with Gasteiger partial charge in [0.25, 0.3) is 0 Å². The van der Waals surface area contributed by atoms with Gasteiger partial charge in [-0.25, -0.2) is 0 Å². The van der Waals surface area contributed by atoms with E-state index in [1.54, 1.807) is 23.1 Å². The van der Waals surface area contributed by atoms with Crippen LogP contribution in [-0.4, -0.2) is 37.0 Å². The Morgan fingerprint density at radius 1 is 1.10 bits per heavy atom. The highest BCUT2D eigenvalue weighted by molar-refractivity contribution is 5.81. The van der Waals surface area contributed by atoms with E-state index in [1.807, 2.05) is 24.3 Å². The fourth-order valence-electron chi connectivity index (χ4n) is 1.70. The fraction of sp³-hybridized carbons (Fsp3) is 0.235. The minimum atomic E-state index is 0.00165. The fourth-order valence-corrected chi connectivity index (χ4v) is 1.70. The highest BCUT2D eigenvalue weighted by Crippen LogP contribution is 2.15. The van der Waals surface area contributed by atoms with Crippen LogP contribution in [-0.2, 0) is 4.79 Å². The van der Waals surface area contributed by atoms with Crippen LogP contribution in [0.15, 0.2) is 62.2 Å². The molecular weight excluding hydrogens is 264 g/mol. The summed E-state index contributed by atoms with van der Waals surface area (Å²) in [7, 11) is 0. The minimum absolute atomic E-state index is 0.00165. The second kappa shape index (κ2) is 9.42. The van der Waals surface area contributed by atoms with Crippen molar-refractivity contribution in [1.82, 2.24) is 4.90 Å². The molecule has 112 valence electrons. The minimum Gasteiger partial charge on any atom is -0.490 e. The molecule has 1 aromatic carbocycles. The summed E-state index contributed by atoms with van der Waals surface area (Å²) >= 11 is 0. The zero-order valence-corrected chi connectivity index (χ0v) is 12.3. The van der Waals surface area contributed by atoms with E-state index >= 15 is 0 Å². The maximum atomic E-state index is 12.0. The molecule has 0 saturated carbocycles. The number of carbonyl (C=O) groups is 1. The number of amides is 1. The summed E-state index contributed by atoms with van der Waals surface area (Å²) in [5.74, 6) is 0.772. The Balaban J connectivity index is 2.49. The molecular formula is C17H22N2O2. The van der Waals surface area contributed by atoms with Gasteiger partial charge in [-0.3, -0.25) is 4.79 Å². The largest absolute Gasteiger partial charge is 0.490 e. The number of rotatable bonds is 10. The molecule has 0 bridgehead atoms. The summed E-state index contributed by atoms with van der Waals surface area (Å²) in [6, 6.07) is 7.44. The van der Waals surface area contributed by atoms with Gasteiger partial charge in [0.05, 0.1) is 6.54 Å². The number of hydrogen-bond donors (Lipinski definition) is 1. The van der Waals surface area contributed by atoms with Crippen LogP contribution in [0.5, 0.6) is 5.75 Å². The van der Waals surface area contributed by atoms with Crippen molar-refractivity contribution in [3.05, 3.63) is 62.2 Å². The molecule has 0 aromatic heterocycles. The average molecular weight is 286 g/mol. The maximum Gasteiger partial charge on any atom is 0.242 e. The quantitative estimate of drug-likeness (QED) is 0.672. The van der Waals surface area contributed by atoms with Crippen LogP contribution in [0.1, 0.15) is 0 Å². The Bertz CT molecular complexity index is 470. The van der Waals surface area contributed by atoms with Crippen LogP contribution in [0.3, 0.4) is 0 Å². The van der Waals surface area contributed by atoms with Crippen molar-refractivity contribution in [3.63, 3.8) is 0 Å². The molecule has 0 aliphatic heterocycles. The molecule has 0 heterocycles. The predicted octanol–water partition coefficient (Wildman–Crippen LogP) is 2.86. The van der Waals surface area contributed by atoms with Crippen molar-refractivity contribution < 1.29 is 9.53 Å². The second-order valence-electron chi connectivity index (χ2n) is 4.35. The Labute approximate surface area is 126 Å². The van der Waals surface area contributed by atoms with E-state index in [1.165, 1.54) is 0 Å². The Hall–Kier alpha value is -2.49. The van der Waals surface area contributed by atoms with Crippen molar-refractivity contribution in [1.29, 1.82) is 0 Å². The number of nitrogens with zero attached hydrogens (tertiary/aromatic N) is 1. The summed E-state index contributed by atoms with van der Waals surface area (Å²) in [6.45, 7) is 12.6. The van der Waals surface area contributed by atoms with Crippen molar-refractivity contribution in [2.45, 2.75) is 0 Å². The molecule has 21 heavy (non-hydrogen) atoms. The lowest BCUT2D eigenvalue weighted by molar-refractivity contribution is -0.128. The molecule has 0 atom stereocenters. The first-order valence-corrected chi connectivity index (χ1v) is 6.78. The zero-order valence-electron chi connectivity index (χ0n) is 12.3. The molecule has 0 saturated heterocycles. The van der Waals surface area contributed by atoms with Gasteiger partial charge >= 0.3 is 0 Å². The van der Waals surface area contributed by atoms with Crippen LogP contribution < -0.4 is 10.1 Å². The van der Waals surface area contributed by atoms with Gasteiger partial charge in [-0.2, -0.15) is 0 Å². The highest BCUT2D eigenvalue weighted by atomic mass is 16.5. The van der Waals surface area contributed by atoms with E-state index in [9.17, 15) is 4.79 Å². The topological polar surface area (TPSA) is 41.6 Å². The lowest BCUT2D eigenvalue weighted by Crippen LogP contribution is -2.35. The van der Waals surface area contributed by atoms with Gasteiger partial charge in [-0.15, -0.1) is 13.2 Å². The Morgan fingerprint density at radius 2 is 1.71 bits per heavy atom. The summed E-state index contributed by atoms with van der Waals surface area (Å²) in [5, 5.41) is 3.09. The SMILES string of the molecule is C=CCOc1ccc(NCC(=O)N(CC=C)CC=C)cc1. The highest BCUT2D eigenvalue weighted by Gasteiger charge is 2.09. The lowest BCUT2D eigenvalue weighted by atomic mass is 10.3. The maximum absolute atomic E-state index is 12.0. The molecule has 0 aliphatic rings. The van der Waals surface area contributed by atoms with Gasteiger partial charge in [-0.05, 0) is 24.3 Å². The lowest BCUT2D eigenvalue weighted by Gasteiger charge is -2.19. The number of carbonyl (C=O) groups excluding carboxylic acids is 1. The molecule has 0 fully saturated rings. The van der Waals surface area contributed by atoms with E-state index in [0.29, 0.717) is 19.7 Å². The molecule has 1 N–H and O–H groups in total. The molecule has 1 rings (SSSR count). The van der Waals surface area contributed by atoms with Crippen molar-refractivity contribution in [3.8, 4) is 5.75 Å². The number of hydrogen-bond acceptors (Lipinski definition) is 3. The zero-order chi connectivity index (χ0) is 15.5. The molecule has 4 heteroatoms. The third kappa shape index (κ3) is 5.99. The first kappa shape index (κ1) is 16.6. The van der Waals surface area contributed by atoms with Gasteiger partial charge < -0.3 is 15.0 Å². The van der Waals surface area contributed by atoms with Crippen LogP contribution in [0, 0.1) is 0 Å². The Morgan fingerprint density at radius 3 is 2.24 bits per heavy atom. The standard InChI is InChI=1S/C17H22N2O2/c1-4-11-19(12-5-2)17(20)14-18-15-7-9-16(10-8-15)21-13-6-3/h4-10,18H,1-3,11-14H2. The van der Waals surface area contributed by atoms with Gasteiger partial charge in [0.15, 0.2) is 0 Å². The monoisotopic (exact) mass is 286 g/mol. The van der Waals surface area contributed by atoms with Crippen molar-refractivity contribution in [2.24, 2.45) is 0 Å². The average Bonchev–Trinajstić information content (AvgIpc) is 2.51. The van der Waals surface area contributed by atoms with Crippen LogP contribution in [0.4, 0.5) is 5.69 Å². The van der Waals surface area contributed by atoms with Crippen LogP contribution in [0.2, 0.25) is 0 Å². The third-order valence-corrected chi connectivity index (χ3v) is 2.72. The van der Waals surface area contributed by atoms with Crippen molar-refractivity contribution in [2.75, 3.05) is 31.6 Å². The van der Waals surface area contributed by atoms with E-state index in [-0.39, 0.29) is 12.5 Å². The summed E-state index contributed by atoms with van der Waals surface area (Å²) in [6.07, 6.45) is 5.10. The first-order chi connectivity index (χ1) is 10.2. The van der Waals surface area contributed by atoms with Crippen LogP contribution >= 0.6 is 0 Å². The molecule has 0 unspecified atom stereocenters. The van der Waals surface area contributed by atoms with Gasteiger partial charge in [-0.1, -0.05) is 24.8 Å². The van der Waals surface area contributed by atoms with Gasteiger partial charge in [0.2, 0.25) is 5.91 Å². The second-order valence-corrected chi connectivity index (χ2v) is 4.35. The molecule has 0 radical (unpaired) electrons. The first-order valence-electron chi connectivity index (χ1n) is 6.78. The van der Waals surface area contributed by atoms with E-state index in [4.69, 9.17) is 4.74 Å². The Kier molecular flexibility index (Phi) is 7.43. The number of nitrogens with one attached hydrogen (secondary N) is 1. The van der Waals surface area contributed by atoms with Gasteiger partial charge in [0, 0.05) is 18.8 Å². The predicted molar refractivity (Wildman–Crippen MR) is 87.6 cm³/mol. The molecule has 0 spiro atoms.